The van der Waals surface area contributed by atoms with Gasteiger partial charge in [0.25, 0.3) is 5.91 Å². The van der Waals surface area contributed by atoms with Crippen LogP contribution in [0.1, 0.15) is 46.4 Å². The second-order valence-electron chi connectivity index (χ2n) is 9.25. The first-order valence-electron chi connectivity index (χ1n) is 12.4. The fourth-order valence-corrected chi connectivity index (χ4v) is 5.05. The summed E-state index contributed by atoms with van der Waals surface area (Å²) in [5.41, 5.74) is 7.24. The van der Waals surface area contributed by atoms with Gasteiger partial charge in [0.2, 0.25) is 0 Å². The van der Waals surface area contributed by atoms with Gasteiger partial charge in [-0.25, -0.2) is 9.97 Å². The highest BCUT2D eigenvalue weighted by molar-refractivity contribution is 9.10. The predicted molar refractivity (Wildman–Crippen MR) is 148 cm³/mol. The first-order valence-corrected chi connectivity index (χ1v) is 13.1. The van der Waals surface area contributed by atoms with Gasteiger partial charge in [0.1, 0.15) is 6.33 Å². The number of anilines is 1. The molecule has 1 amide bonds. The smallest absolute Gasteiger partial charge is 0.254 e. The van der Waals surface area contributed by atoms with E-state index in [1.54, 1.807) is 6.33 Å². The molecule has 36 heavy (non-hydrogen) atoms. The van der Waals surface area contributed by atoms with E-state index in [2.05, 4.69) is 50.3 Å². The minimum absolute atomic E-state index is 0.0145. The molecule has 1 aromatic heterocycles. The van der Waals surface area contributed by atoms with Gasteiger partial charge in [-0.2, -0.15) is 0 Å². The van der Waals surface area contributed by atoms with Crippen LogP contribution in [-0.4, -0.2) is 33.9 Å². The Hall–Kier alpha value is -3.51. The second kappa shape index (κ2) is 11.0. The molecule has 1 aliphatic carbocycles. The Morgan fingerprint density at radius 3 is 2.50 bits per heavy atom. The van der Waals surface area contributed by atoms with Crippen LogP contribution >= 0.6 is 15.9 Å². The molecule has 5 rings (SSSR count). The van der Waals surface area contributed by atoms with Crippen molar-refractivity contribution in [3.05, 3.63) is 112 Å². The number of fused-ring (bicyclic) bond motifs is 1. The average Bonchev–Trinajstić information content (AvgIpc) is 3.30. The number of para-hydroxylation sites is 1. The lowest BCUT2D eigenvalue weighted by atomic mass is 9.98. The molecule has 0 fully saturated rings. The van der Waals surface area contributed by atoms with E-state index < -0.39 is 0 Å². The number of nitrogens with one attached hydrogen (secondary N) is 1. The topological polar surface area (TPSA) is 58.1 Å². The first-order chi connectivity index (χ1) is 17.6. The molecule has 0 aliphatic heterocycles. The highest BCUT2D eigenvalue weighted by atomic mass is 79.9. The molecule has 0 saturated carbocycles. The monoisotopic (exact) mass is 540 g/mol. The number of carbonyl (C=O) groups is 1. The second-order valence-corrected chi connectivity index (χ2v) is 10.2. The molecule has 4 aromatic rings. The number of halogens is 1. The number of hydrogen-bond donors (Lipinski definition) is 1. The summed E-state index contributed by atoms with van der Waals surface area (Å²) >= 11 is 3.49. The molecule has 0 saturated heterocycles. The fourth-order valence-electron chi connectivity index (χ4n) is 4.78. The quantitative estimate of drug-likeness (QED) is 0.269. The Morgan fingerprint density at radius 1 is 1.00 bits per heavy atom. The minimum Gasteiger partial charge on any atom is -0.383 e. The van der Waals surface area contributed by atoms with Gasteiger partial charge in [-0.3, -0.25) is 4.79 Å². The summed E-state index contributed by atoms with van der Waals surface area (Å²) in [5, 5.41) is 3.42. The van der Waals surface area contributed by atoms with Crippen LogP contribution in [0.2, 0.25) is 0 Å². The summed E-state index contributed by atoms with van der Waals surface area (Å²) in [7, 11) is 0. The maximum absolute atomic E-state index is 13.6. The van der Waals surface area contributed by atoms with Crippen molar-refractivity contribution in [2.75, 3.05) is 18.4 Å². The standard InChI is InChI=1S/C30H29BrN4O/c1-21-7-16-27-28(21)29(34-20-33-27)23-10-12-24(13-11-23)30(36)35(19-22-8-14-25(31)15-9-22)18-17-32-26-5-3-2-4-6-26/h2-6,8-15,20-21,32H,7,16-19H2,1H3/t21-/m1/s1. The van der Waals surface area contributed by atoms with Crippen molar-refractivity contribution in [2.45, 2.75) is 32.2 Å². The van der Waals surface area contributed by atoms with Crippen LogP contribution in [0.4, 0.5) is 5.69 Å². The van der Waals surface area contributed by atoms with Crippen LogP contribution in [0.25, 0.3) is 11.3 Å². The van der Waals surface area contributed by atoms with Gasteiger partial charge in [0.15, 0.2) is 0 Å². The number of rotatable bonds is 8. The molecule has 182 valence electrons. The van der Waals surface area contributed by atoms with Gasteiger partial charge in [-0.1, -0.05) is 65.3 Å². The van der Waals surface area contributed by atoms with Crippen LogP contribution in [-0.2, 0) is 13.0 Å². The van der Waals surface area contributed by atoms with E-state index in [9.17, 15) is 4.79 Å². The van der Waals surface area contributed by atoms with Crippen LogP contribution in [0.5, 0.6) is 0 Å². The molecule has 6 heteroatoms. The summed E-state index contributed by atoms with van der Waals surface area (Å²) in [6.45, 7) is 4.03. The molecule has 0 spiro atoms. The number of benzene rings is 3. The van der Waals surface area contributed by atoms with Crippen molar-refractivity contribution in [3.63, 3.8) is 0 Å². The molecule has 0 unspecified atom stereocenters. The number of aryl methyl sites for hydroxylation is 1. The zero-order valence-electron chi connectivity index (χ0n) is 20.3. The Bertz CT molecular complexity index is 1320. The molecule has 3 aromatic carbocycles. The highest BCUT2D eigenvalue weighted by Gasteiger charge is 2.25. The van der Waals surface area contributed by atoms with Gasteiger partial charge in [-0.15, -0.1) is 0 Å². The Morgan fingerprint density at radius 2 is 1.75 bits per heavy atom. The summed E-state index contributed by atoms with van der Waals surface area (Å²) in [4.78, 5) is 24.6. The highest BCUT2D eigenvalue weighted by Crippen LogP contribution is 2.37. The Kier molecular flexibility index (Phi) is 7.42. The van der Waals surface area contributed by atoms with Crippen LogP contribution < -0.4 is 5.32 Å². The molecule has 0 radical (unpaired) electrons. The van der Waals surface area contributed by atoms with E-state index in [0.29, 0.717) is 31.1 Å². The van der Waals surface area contributed by atoms with Crippen molar-refractivity contribution in [1.82, 2.24) is 14.9 Å². The summed E-state index contributed by atoms with van der Waals surface area (Å²) < 4.78 is 1.02. The van der Waals surface area contributed by atoms with Gasteiger partial charge in [-0.05, 0) is 60.7 Å². The van der Waals surface area contributed by atoms with Crippen molar-refractivity contribution in [1.29, 1.82) is 0 Å². The largest absolute Gasteiger partial charge is 0.383 e. The zero-order valence-corrected chi connectivity index (χ0v) is 21.9. The predicted octanol–water partition coefficient (Wildman–Crippen LogP) is 6.71. The third kappa shape index (κ3) is 5.49. The lowest BCUT2D eigenvalue weighted by molar-refractivity contribution is 0.0750. The van der Waals surface area contributed by atoms with E-state index >= 15 is 0 Å². The van der Waals surface area contributed by atoms with Crippen molar-refractivity contribution in [2.24, 2.45) is 0 Å². The number of nitrogens with zero attached hydrogens (tertiary/aromatic N) is 3. The number of amides is 1. The average molecular weight is 541 g/mol. The van der Waals surface area contributed by atoms with Crippen molar-refractivity contribution in [3.8, 4) is 11.3 Å². The SMILES string of the molecule is C[C@@H]1CCc2ncnc(-c3ccc(C(=O)N(CCNc4ccccc4)Cc4ccc(Br)cc4)cc3)c21. The normalized spacial score (nSPS) is 14.3. The maximum Gasteiger partial charge on any atom is 0.254 e. The maximum atomic E-state index is 13.6. The number of carbonyl (C=O) groups excluding carboxylic acids is 1. The van der Waals surface area contributed by atoms with Crippen LogP contribution in [0.3, 0.4) is 0 Å². The fraction of sp³-hybridized carbons (Fsp3) is 0.233. The molecule has 1 N–H and O–H groups in total. The third-order valence-electron chi connectivity index (χ3n) is 6.74. The van der Waals surface area contributed by atoms with Crippen molar-refractivity contribution >= 4 is 27.5 Å². The molecular formula is C30H29BrN4O. The molecule has 1 heterocycles. The molecule has 0 bridgehead atoms. The van der Waals surface area contributed by atoms with Gasteiger partial charge >= 0.3 is 0 Å². The lowest BCUT2D eigenvalue weighted by Gasteiger charge is -2.24. The van der Waals surface area contributed by atoms with E-state index in [1.807, 2.05) is 71.6 Å². The molecule has 1 aliphatic rings. The molecular weight excluding hydrogens is 512 g/mol. The summed E-state index contributed by atoms with van der Waals surface area (Å²) in [6.07, 6.45) is 3.77. The lowest BCUT2D eigenvalue weighted by Crippen LogP contribution is -2.34. The van der Waals surface area contributed by atoms with Gasteiger partial charge < -0.3 is 10.2 Å². The first kappa shape index (κ1) is 24.2. The minimum atomic E-state index is 0.0145. The Balaban J connectivity index is 1.35. The van der Waals surface area contributed by atoms with E-state index in [1.165, 1.54) is 5.56 Å². The zero-order chi connectivity index (χ0) is 24.9. The third-order valence-corrected chi connectivity index (χ3v) is 7.27. The molecule has 5 nitrogen and oxygen atoms in total. The number of aromatic nitrogens is 2. The number of hydrogen-bond acceptors (Lipinski definition) is 4. The van der Waals surface area contributed by atoms with Crippen molar-refractivity contribution < 1.29 is 4.79 Å². The van der Waals surface area contributed by atoms with Crippen LogP contribution in [0, 0.1) is 0 Å². The van der Waals surface area contributed by atoms with E-state index in [-0.39, 0.29) is 5.91 Å². The Labute approximate surface area is 220 Å². The van der Waals surface area contributed by atoms with Gasteiger partial charge in [0.05, 0.1) is 5.69 Å². The summed E-state index contributed by atoms with van der Waals surface area (Å²) in [5.74, 6) is 0.469. The van der Waals surface area contributed by atoms with E-state index in [4.69, 9.17) is 0 Å². The van der Waals surface area contributed by atoms with Crippen LogP contribution in [0.15, 0.2) is 89.7 Å². The van der Waals surface area contributed by atoms with E-state index in [0.717, 1.165) is 45.5 Å². The summed E-state index contributed by atoms with van der Waals surface area (Å²) in [6, 6.07) is 26.1. The van der Waals surface area contributed by atoms with Gasteiger partial charge in [0, 0.05) is 52.2 Å². The molecule has 1 atom stereocenters.